The van der Waals surface area contributed by atoms with Gasteiger partial charge in [0.05, 0.1) is 14.2 Å². The predicted molar refractivity (Wildman–Crippen MR) is 88.7 cm³/mol. The molecule has 0 amide bonds. The van der Waals surface area contributed by atoms with Crippen LogP contribution in [0.25, 0.3) is 0 Å². The molecule has 8 nitrogen and oxygen atoms in total. The SMILES string of the molecule is CCc1cc(=O)[nH]c(/N=C(\N)Nc2cc(OC)cc(OC)c2)n1. The molecule has 1 aromatic heterocycles. The molecular formula is C15H19N5O3. The minimum Gasteiger partial charge on any atom is -0.497 e. The van der Waals surface area contributed by atoms with E-state index in [1.807, 2.05) is 6.92 Å². The van der Waals surface area contributed by atoms with E-state index in [4.69, 9.17) is 15.2 Å². The number of aryl methyl sites for hydroxylation is 1. The van der Waals surface area contributed by atoms with Gasteiger partial charge in [-0.25, -0.2) is 4.98 Å². The van der Waals surface area contributed by atoms with Crippen LogP contribution in [0.4, 0.5) is 11.6 Å². The third-order valence-electron chi connectivity index (χ3n) is 2.99. The Morgan fingerprint density at radius 3 is 2.48 bits per heavy atom. The Balaban J connectivity index is 2.26. The Labute approximate surface area is 133 Å². The van der Waals surface area contributed by atoms with Crippen LogP contribution in [0, 0.1) is 0 Å². The molecule has 0 bridgehead atoms. The van der Waals surface area contributed by atoms with Gasteiger partial charge in [0, 0.05) is 35.6 Å². The summed E-state index contributed by atoms with van der Waals surface area (Å²) in [6.07, 6.45) is 0.632. The summed E-state index contributed by atoms with van der Waals surface area (Å²) in [5, 5.41) is 2.90. The fourth-order valence-corrected chi connectivity index (χ4v) is 1.90. The number of aliphatic imine (C=N–C) groups is 1. The molecule has 23 heavy (non-hydrogen) atoms. The highest BCUT2D eigenvalue weighted by Gasteiger charge is 2.04. The van der Waals surface area contributed by atoms with E-state index in [2.05, 4.69) is 20.3 Å². The molecule has 0 unspecified atom stereocenters. The number of hydrogen-bond donors (Lipinski definition) is 3. The summed E-state index contributed by atoms with van der Waals surface area (Å²) in [6, 6.07) is 6.64. The average molecular weight is 317 g/mol. The molecule has 0 atom stereocenters. The molecule has 0 aliphatic rings. The number of hydrogen-bond acceptors (Lipinski definition) is 5. The van der Waals surface area contributed by atoms with Crippen LogP contribution < -0.4 is 26.1 Å². The molecule has 0 aliphatic carbocycles. The van der Waals surface area contributed by atoms with Gasteiger partial charge in [-0.2, -0.15) is 4.99 Å². The van der Waals surface area contributed by atoms with Gasteiger partial charge in [0.25, 0.3) is 5.56 Å². The van der Waals surface area contributed by atoms with Gasteiger partial charge < -0.3 is 20.5 Å². The molecule has 0 radical (unpaired) electrons. The standard InChI is InChI=1S/C15H19N5O3/c1-4-9-7-13(21)19-15(18-9)20-14(16)17-10-5-11(22-2)8-12(6-10)23-3/h5-8H,4H2,1-3H3,(H4,16,17,18,19,20,21). The molecule has 4 N–H and O–H groups in total. The summed E-state index contributed by atoms with van der Waals surface area (Å²) in [5.74, 6) is 1.45. The number of methoxy groups -OCH3 is 2. The second-order valence-corrected chi connectivity index (χ2v) is 4.64. The highest BCUT2D eigenvalue weighted by Crippen LogP contribution is 2.25. The molecule has 0 spiro atoms. The molecule has 1 heterocycles. The number of benzene rings is 1. The predicted octanol–water partition coefficient (Wildman–Crippen LogP) is 1.41. The van der Waals surface area contributed by atoms with Crippen molar-refractivity contribution in [3.05, 3.63) is 40.3 Å². The molecule has 8 heteroatoms. The molecule has 0 saturated carbocycles. The van der Waals surface area contributed by atoms with Gasteiger partial charge in [-0.15, -0.1) is 0 Å². The lowest BCUT2D eigenvalue weighted by atomic mass is 10.3. The number of H-pyrrole nitrogens is 1. The van der Waals surface area contributed by atoms with Gasteiger partial charge in [0.15, 0.2) is 0 Å². The molecule has 122 valence electrons. The topological polar surface area (TPSA) is 115 Å². The van der Waals surface area contributed by atoms with Crippen molar-refractivity contribution in [2.24, 2.45) is 10.7 Å². The van der Waals surface area contributed by atoms with E-state index in [-0.39, 0.29) is 17.5 Å². The number of rotatable bonds is 5. The van der Waals surface area contributed by atoms with Crippen molar-refractivity contribution in [3.8, 4) is 11.5 Å². The van der Waals surface area contributed by atoms with Gasteiger partial charge in [-0.05, 0) is 6.42 Å². The van der Waals surface area contributed by atoms with E-state index in [0.717, 1.165) is 0 Å². The molecule has 2 rings (SSSR count). The van der Waals surface area contributed by atoms with Crippen molar-refractivity contribution >= 4 is 17.6 Å². The average Bonchev–Trinajstić information content (AvgIpc) is 2.53. The van der Waals surface area contributed by atoms with Gasteiger partial charge in [-0.1, -0.05) is 6.92 Å². The van der Waals surface area contributed by atoms with Crippen LogP contribution in [0.1, 0.15) is 12.6 Å². The van der Waals surface area contributed by atoms with Crippen molar-refractivity contribution in [3.63, 3.8) is 0 Å². The number of nitrogens with zero attached hydrogens (tertiary/aromatic N) is 2. The number of aromatic nitrogens is 2. The van der Waals surface area contributed by atoms with Crippen molar-refractivity contribution < 1.29 is 9.47 Å². The van der Waals surface area contributed by atoms with Crippen LogP contribution in [0.2, 0.25) is 0 Å². The van der Waals surface area contributed by atoms with Gasteiger partial charge in [0.2, 0.25) is 11.9 Å². The second kappa shape index (κ2) is 7.30. The first-order chi connectivity index (χ1) is 11.0. The summed E-state index contributed by atoms with van der Waals surface area (Å²) in [4.78, 5) is 22.3. The number of nitrogens with two attached hydrogens (primary N) is 1. The first kappa shape index (κ1) is 16.3. The van der Waals surface area contributed by atoms with E-state index in [1.165, 1.54) is 6.07 Å². The lowest BCUT2D eigenvalue weighted by molar-refractivity contribution is 0.395. The third-order valence-corrected chi connectivity index (χ3v) is 2.99. The van der Waals surface area contributed by atoms with E-state index < -0.39 is 0 Å². The van der Waals surface area contributed by atoms with Crippen molar-refractivity contribution in [2.75, 3.05) is 19.5 Å². The third kappa shape index (κ3) is 4.47. The Morgan fingerprint density at radius 1 is 1.26 bits per heavy atom. The molecule has 0 fully saturated rings. The van der Waals surface area contributed by atoms with E-state index >= 15 is 0 Å². The van der Waals surface area contributed by atoms with Crippen LogP contribution in [0.15, 0.2) is 34.1 Å². The number of nitrogens with one attached hydrogen (secondary N) is 2. The van der Waals surface area contributed by atoms with Gasteiger partial charge in [0.1, 0.15) is 11.5 Å². The van der Waals surface area contributed by atoms with Crippen LogP contribution in [0.3, 0.4) is 0 Å². The lowest BCUT2D eigenvalue weighted by Gasteiger charge is -2.10. The van der Waals surface area contributed by atoms with E-state index in [1.54, 1.807) is 32.4 Å². The fourth-order valence-electron chi connectivity index (χ4n) is 1.90. The van der Waals surface area contributed by atoms with Crippen molar-refractivity contribution in [1.29, 1.82) is 0 Å². The number of guanidine groups is 1. The maximum absolute atomic E-state index is 11.5. The van der Waals surface area contributed by atoms with Crippen molar-refractivity contribution in [1.82, 2.24) is 9.97 Å². The number of ether oxygens (including phenoxy) is 2. The second-order valence-electron chi connectivity index (χ2n) is 4.64. The Hall–Kier alpha value is -3.03. The summed E-state index contributed by atoms with van der Waals surface area (Å²) >= 11 is 0. The molecular weight excluding hydrogens is 298 g/mol. The van der Waals surface area contributed by atoms with Crippen molar-refractivity contribution in [2.45, 2.75) is 13.3 Å². The van der Waals surface area contributed by atoms with Gasteiger partial charge in [-0.3, -0.25) is 9.78 Å². The van der Waals surface area contributed by atoms with Crippen LogP contribution >= 0.6 is 0 Å². The van der Waals surface area contributed by atoms with Gasteiger partial charge >= 0.3 is 0 Å². The zero-order valence-electron chi connectivity index (χ0n) is 13.2. The molecule has 2 aromatic rings. The summed E-state index contributed by atoms with van der Waals surface area (Å²) in [5.41, 5.74) is 6.86. The smallest absolute Gasteiger partial charge is 0.252 e. The largest absolute Gasteiger partial charge is 0.497 e. The maximum atomic E-state index is 11.5. The van der Waals surface area contributed by atoms with Crippen LogP contribution in [0.5, 0.6) is 11.5 Å². The highest BCUT2D eigenvalue weighted by atomic mass is 16.5. The Morgan fingerprint density at radius 2 is 1.91 bits per heavy atom. The number of anilines is 1. The number of aromatic amines is 1. The maximum Gasteiger partial charge on any atom is 0.252 e. The van der Waals surface area contributed by atoms with E-state index in [9.17, 15) is 4.79 Å². The normalized spacial score (nSPS) is 11.2. The minimum atomic E-state index is -0.272. The summed E-state index contributed by atoms with van der Waals surface area (Å²) < 4.78 is 10.4. The Kier molecular flexibility index (Phi) is 5.19. The highest BCUT2D eigenvalue weighted by molar-refractivity contribution is 5.93. The fraction of sp³-hybridized carbons (Fsp3) is 0.267. The van der Waals surface area contributed by atoms with Crippen LogP contribution in [-0.4, -0.2) is 30.1 Å². The van der Waals surface area contributed by atoms with Crippen LogP contribution in [-0.2, 0) is 6.42 Å². The molecule has 0 saturated heterocycles. The first-order valence-electron chi connectivity index (χ1n) is 6.98. The zero-order chi connectivity index (χ0) is 16.8. The quantitative estimate of drug-likeness (QED) is 0.567. The Bertz CT molecular complexity index is 748. The lowest BCUT2D eigenvalue weighted by Crippen LogP contribution is -2.22. The molecule has 0 aliphatic heterocycles. The zero-order valence-corrected chi connectivity index (χ0v) is 13.2. The minimum absolute atomic E-state index is 0.0803. The first-order valence-corrected chi connectivity index (χ1v) is 6.98. The van der Waals surface area contributed by atoms with E-state index in [0.29, 0.717) is 29.3 Å². The summed E-state index contributed by atoms with van der Waals surface area (Å²) in [6.45, 7) is 1.90. The monoisotopic (exact) mass is 317 g/mol. The molecule has 1 aromatic carbocycles. The summed E-state index contributed by atoms with van der Waals surface area (Å²) in [7, 11) is 3.11.